The molecule has 1 aliphatic rings. The molecule has 0 radical (unpaired) electrons. The summed E-state index contributed by atoms with van der Waals surface area (Å²) in [5, 5.41) is 8.66. The first-order valence-corrected chi connectivity index (χ1v) is 11.8. The number of carbonyl (C=O) groups excluding carboxylic acids is 2. The van der Waals surface area contributed by atoms with E-state index in [-0.39, 0.29) is 31.4 Å². The van der Waals surface area contributed by atoms with Crippen LogP contribution >= 0.6 is 11.8 Å². The molecule has 0 fully saturated rings. The normalized spacial score (nSPS) is 17.2. The lowest BCUT2D eigenvalue weighted by atomic mass is 9.94. The minimum atomic E-state index is -1.02. The number of hydrogen-bond acceptors (Lipinski definition) is 5. The Morgan fingerprint density at radius 1 is 1.09 bits per heavy atom. The van der Waals surface area contributed by atoms with Crippen LogP contribution in [0.4, 0.5) is 0 Å². The summed E-state index contributed by atoms with van der Waals surface area (Å²) in [6.07, 6.45) is 1.51. The second kappa shape index (κ2) is 11.2. The minimum absolute atomic E-state index is 0.255. The Kier molecular flexibility index (Phi) is 8.33. The van der Waals surface area contributed by atoms with Gasteiger partial charge in [0.25, 0.3) is 0 Å². The van der Waals surface area contributed by atoms with Crippen LogP contribution in [-0.2, 0) is 38.5 Å². The molecule has 3 rings (SSSR count). The molecule has 0 saturated heterocycles. The molecule has 0 aliphatic carbocycles. The summed E-state index contributed by atoms with van der Waals surface area (Å²) in [4.78, 5) is 39.2. The molecule has 1 heterocycles. The topological polar surface area (TPSA) is 83.9 Å². The van der Waals surface area contributed by atoms with E-state index in [4.69, 9.17) is 4.74 Å². The number of hydrogen-bond donors (Lipinski definition) is 1. The number of nitrogens with zero attached hydrogens (tertiary/aromatic N) is 1. The lowest BCUT2D eigenvalue weighted by Crippen LogP contribution is -2.51. The predicted molar refractivity (Wildman–Crippen MR) is 124 cm³/mol. The van der Waals surface area contributed by atoms with E-state index >= 15 is 0 Å². The van der Waals surface area contributed by atoms with Gasteiger partial charge in [-0.2, -0.15) is 0 Å². The molecule has 2 aromatic rings. The minimum Gasteiger partial charge on any atom is -0.480 e. The molecule has 7 heteroatoms. The van der Waals surface area contributed by atoms with Crippen molar-refractivity contribution < 1.29 is 24.2 Å². The number of aryl methyl sites for hydroxylation is 1. The SMILES string of the molecule is CCOC(=O)C(CCc1ccccc1)SC(C)C(=O)N1Cc2ccccc2C[C@H]1C(=O)O. The molecular weight excluding hydrogens is 426 g/mol. The van der Waals surface area contributed by atoms with Crippen molar-refractivity contribution in [1.29, 1.82) is 0 Å². The number of fused-ring (bicyclic) bond motifs is 1. The molecule has 0 saturated carbocycles. The Labute approximate surface area is 193 Å². The number of amides is 1. The van der Waals surface area contributed by atoms with Crippen LogP contribution in [0.3, 0.4) is 0 Å². The molecule has 32 heavy (non-hydrogen) atoms. The maximum Gasteiger partial charge on any atom is 0.326 e. The zero-order valence-corrected chi connectivity index (χ0v) is 19.2. The van der Waals surface area contributed by atoms with E-state index in [1.165, 1.54) is 16.7 Å². The number of carboxylic acids is 1. The fraction of sp³-hybridized carbons (Fsp3) is 0.400. The van der Waals surface area contributed by atoms with E-state index in [2.05, 4.69) is 0 Å². The average molecular weight is 456 g/mol. The van der Waals surface area contributed by atoms with Crippen LogP contribution in [0.2, 0.25) is 0 Å². The first kappa shape index (κ1) is 23.9. The van der Waals surface area contributed by atoms with Crippen molar-refractivity contribution in [3.05, 3.63) is 71.3 Å². The largest absolute Gasteiger partial charge is 0.480 e. The molecule has 2 unspecified atom stereocenters. The second-order valence-electron chi connectivity index (χ2n) is 7.84. The van der Waals surface area contributed by atoms with Crippen molar-refractivity contribution in [2.75, 3.05) is 6.61 Å². The van der Waals surface area contributed by atoms with Crippen molar-refractivity contribution >= 4 is 29.6 Å². The van der Waals surface area contributed by atoms with E-state index in [0.717, 1.165) is 16.7 Å². The molecule has 170 valence electrons. The maximum atomic E-state index is 13.3. The van der Waals surface area contributed by atoms with Crippen LogP contribution in [0.25, 0.3) is 0 Å². The van der Waals surface area contributed by atoms with Crippen LogP contribution in [0.5, 0.6) is 0 Å². The summed E-state index contributed by atoms with van der Waals surface area (Å²) in [6, 6.07) is 16.5. The molecule has 1 amide bonds. The Bertz CT molecular complexity index is 948. The Morgan fingerprint density at radius 2 is 1.75 bits per heavy atom. The summed E-state index contributed by atoms with van der Waals surface area (Å²) in [6.45, 7) is 4.02. The highest BCUT2D eigenvalue weighted by molar-refractivity contribution is 8.01. The molecule has 0 bridgehead atoms. The second-order valence-corrected chi connectivity index (χ2v) is 9.38. The van der Waals surface area contributed by atoms with Gasteiger partial charge in [-0.3, -0.25) is 9.59 Å². The Hall–Kier alpha value is -2.80. The number of carbonyl (C=O) groups is 3. The van der Waals surface area contributed by atoms with Gasteiger partial charge in [0.1, 0.15) is 11.3 Å². The lowest BCUT2D eigenvalue weighted by Gasteiger charge is -2.36. The van der Waals surface area contributed by atoms with Crippen molar-refractivity contribution in [3.63, 3.8) is 0 Å². The van der Waals surface area contributed by atoms with Crippen molar-refractivity contribution in [2.45, 2.75) is 56.2 Å². The van der Waals surface area contributed by atoms with Crippen molar-refractivity contribution in [1.82, 2.24) is 4.90 Å². The molecule has 2 aromatic carbocycles. The third-order valence-electron chi connectivity index (χ3n) is 5.62. The van der Waals surface area contributed by atoms with Gasteiger partial charge in [0, 0.05) is 13.0 Å². The third-order valence-corrected chi connectivity index (χ3v) is 6.99. The maximum absolute atomic E-state index is 13.3. The fourth-order valence-corrected chi connectivity index (χ4v) is 5.11. The Balaban J connectivity index is 1.72. The van der Waals surface area contributed by atoms with Crippen molar-refractivity contribution in [3.8, 4) is 0 Å². The quantitative estimate of drug-likeness (QED) is 0.581. The molecule has 3 atom stereocenters. The highest BCUT2D eigenvalue weighted by Gasteiger charge is 2.37. The highest BCUT2D eigenvalue weighted by Crippen LogP contribution is 2.29. The summed E-state index contributed by atoms with van der Waals surface area (Å²) >= 11 is 1.25. The van der Waals surface area contributed by atoms with Gasteiger partial charge in [0.05, 0.1) is 11.9 Å². The number of benzene rings is 2. The molecule has 0 aromatic heterocycles. The zero-order chi connectivity index (χ0) is 23.1. The molecule has 0 spiro atoms. The van der Waals surface area contributed by atoms with Crippen LogP contribution < -0.4 is 0 Å². The first-order valence-electron chi connectivity index (χ1n) is 10.9. The van der Waals surface area contributed by atoms with Crippen LogP contribution in [-0.4, -0.2) is 51.0 Å². The number of aliphatic carboxylic acids is 1. The van der Waals surface area contributed by atoms with Gasteiger partial charge in [-0.15, -0.1) is 11.8 Å². The van der Waals surface area contributed by atoms with Crippen LogP contribution in [0.15, 0.2) is 54.6 Å². The van der Waals surface area contributed by atoms with Crippen LogP contribution in [0.1, 0.15) is 37.0 Å². The number of rotatable bonds is 9. The zero-order valence-electron chi connectivity index (χ0n) is 18.4. The standard InChI is InChI=1S/C25H29NO5S/c1-3-31-25(30)22(14-13-18-9-5-4-6-10-18)32-17(2)23(27)26-16-20-12-8-7-11-19(20)15-21(26)24(28)29/h4-12,17,21-22H,3,13-16H2,1-2H3,(H,28,29)/t17?,21-,22?/m0/s1. The van der Waals surface area contributed by atoms with Crippen LogP contribution in [0, 0.1) is 0 Å². The third kappa shape index (κ3) is 5.91. The van der Waals surface area contributed by atoms with E-state index in [1.807, 2.05) is 54.6 Å². The van der Waals surface area contributed by atoms with Gasteiger partial charge >= 0.3 is 11.9 Å². The summed E-state index contributed by atoms with van der Waals surface area (Å²) in [5.74, 6) is -1.63. The van der Waals surface area contributed by atoms with E-state index in [0.29, 0.717) is 12.8 Å². The number of carboxylic acid groups (broad SMARTS) is 1. The van der Waals surface area contributed by atoms with Crippen molar-refractivity contribution in [2.24, 2.45) is 0 Å². The first-order chi connectivity index (χ1) is 15.4. The predicted octanol–water partition coefficient (Wildman–Crippen LogP) is 3.71. The number of thioether (sulfide) groups is 1. The highest BCUT2D eigenvalue weighted by atomic mass is 32.2. The monoisotopic (exact) mass is 455 g/mol. The smallest absolute Gasteiger partial charge is 0.326 e. The lowest BCUT2D eigenvalue weighted by molar-refractivity contribution is -0.151. The molecule has 1 N–H and O–H groups in total. The van der Waals surface area contributed by atoms with Gasteiger partial charge in [-0.25, -0.2) is 4.79 Å². The van der Waals surface area contributed by atoms with Gasteiger partial charge < -0.3 is 14.7 Å². The fourth-order valence-electron chi connectivity index (χ4n) is 3.93. The van der Waals surface area contributed by atoms with Gasteiger partial charge in [-0.1, -0.05) is 54.6 Å². The van der Waals surface area contributed by atoms with Gasteiger partial charge in [0.2, 0.25) is 5.91 Å². The molecule has 1 aliphatic heterocycles. The Morgan fingerprint density at radius 3 is 2.41 bits per heavy atom. The summed E-state index contributed by atoms with van der Waals surface area (Å²) < 4.78 is 5.25. The number of ether oxygens (including phenoxy) is 1. The van der Waals surface area contributed by atoms with Gasteiger partial charge in [-0.05, 0) is 43.4 Å². The summed E-state index contributed by atoms with van der Waals surface area (Å²) in [7, 11) is 0. The summed E-state index contributed by atoms with van der Waals surface area (Å²) in [5.41, 5.74) is 3.03. The van der Waals surface area contributed by atoms with E-state index in [9.17, 15) is 19.5 Å². The van der Waals surface area contributed by atoms with E-state index in [1.54, 1.807) is 13.8 Å². The molecular formula is C25H29NO5S. The van der Waals surface area contributed by atoms with Gasteiger partial charge in [0.15, 0.2) is 0 Å². The average Bonchev–Trinajstić information content (AvgIpc) is 2.80. The number of esters is 1. The van der Waals surface area contributed by atoms with E-state index < -0.39 is 22.5 Å². The molecule has 6 nitrogen and oxygen atoms in total.